The number of amides is 3. The second-order valence-corrected chi connectivity index (χ2v) is 7.88. The normalized spacial score (nSPS) is 12.9. The molecule has 0 bridgehead atoms. The van der Waals surface area contributed by atoms with E-state index in [9.17, 15) is 14.4 Å². The number of nitrogens with zero attached hydrogens (tertiary/aromatic N) is 4. The maximum Gasteiger partial charge on any atom is 0.276 e. The van der Waals surface area contributed by atoms with Gasteiger partial charge in [0.1, 0.15) is 5.82 Å². The van der Waals surface area contributed by atoms with Crippen LogP contribution in [-0.2, 0) is 4.79 Å². The first-order chi connectivity index (χ1) is 15.9. The van der Waals surface area contributed by atoms with Gasteiger partial charge in [-0.25, -0.2) is 4.98 Å². The first-order valence-corrected chi connectivity index (χ1v) is 10.5. The topological polar surface area (TPSA) is 161 Å². The molecule has 13 heteroatoms. The van der Waals surface area contributed by atoms with Gasteiger partial charge in [0, 0.05) is 24.3 Å². The van der Waals surface area contributed by atoms with Gasteiger partial charge in [-0.15, -0.1) is 10.2 Å². The number of anilines is 3. The van der Waals surface area contributed by atoms with Crippen molar-refractivity contribution in [1.82, 2.24) is 20.5 Å². The molecule has 4 rings (SSSR count). The zero-order valence-electron chi connectivity index (χ0n) is 17.5. The number of nitrogens with one attached hydrogen (secondary N) is 3. The Morgan fingerprint density at radius 3 is 2.44 bits per heavy atom. The predicted octanol–water partition coefficient (Wildman–Crippen LogP) is 1.79. The van der Waals surface area contributed by atoms with Crippen LogP contribution in [0.2, 0.25) is 10.0 Å². The molecule has 3 amide bonds. The molecule has 0 atom stereocenters. The van der Waals surface area contributed by atoms with Crippen LogP contribution in [0.5, 0.6) is 0 Å². The third-order valence-electron chi connectivity index (χ3n) is 4.69. The molecular formula is C21H19Cl2N7O4. The van der Waals surface area contributed by atoms with Gasteiger partial charge in [-0.2, -0.15) is 0 Å². The molecule has 0 radical (unpaired) electrons. The van der Waals surface area contributed by atoms with E-state index in [2.05, 4.69) is 31.1 Å². The van der Waals surface area contributed by atoms with Gasteiger partial charge in [0.2, 0.25) is 5.91 Å². The molecule has 11 nitrogen and oxygen atoms in total. The van der Waals surface area contributed by atoms with Gasteiger partial charge in [0.25, 0.3) is 11.8 Å². The van der Waals surface area contributed by atoms with Crippen molar-refractivity contribution in [3.8, 4) is 0 Å². The van der Waals surface area contributed by atoms with E-state index in [1.54, 1.807) is 29.2 Å². The Bertz CT molecular complexity index is 1210. The van der Waals surface area contributed by atoms with E-state index in [0.29, 0.717) is 29.0 Å². The second-order valence-electron chi connectivity index (χ2n) is 7.01. The summed E-state index contributed by atoms with van der Waals surface area (Å²) in [5, 5.41) is 16.8. The van der Waals surface area contributed by atoms with Crippen LogP contribution >= 0.6 is 23.2 Å². The van der Waals surface area contributed by atoms with Crippen molar-refractivity contribution < 1.29 is 19.9 Å². The maximum absolute atomic E-state index is 12.8. The molecule has 2 aromatic heterocycles. The average molecular weight is 504 g/mol. The number of benzene rings is 1. The monoisotopic (exact) mass is 503 g/mol. The molecular weight excluding hydrogens is 485 g/mol. The lowest BCUT2D eigenvalue weighted by Crippen LogP contribution is -2.48. The van der Waals surface area contributed by atoms with Crippen molar-refractivity contribution in [2.24, 2.45) is 0 Å². The highest BCUT2D eigenvalue weighted by molar-refractivity contribution is 6.31. The van der Waals surface area contributed by atoms with E-state index in [1.165, 1.54) is 24.4 Å². The molecule has 3 heterocycles. The molecule has 1 saturated heterocycles. The van der Waals surface area contributed by atoms with E-state index >= 15 is 0 Å². The van der Waals surface area contributed by atoms with Crippen molar-refractivity contribution in [3.05, 3.63) is 70.0 Å². The average Bonchev–Trinajstić information content (AvgIpc) is 2.81. The highest BCUT2D eigenvalue weighted by Gasteiger charge is 2.20. The lowest BCUT2D eigenvalue weighted by molar-refractivity contribution is -0.120. The zero-order valence-corrected chi connectivity index (χ0v) is 19.0. The Hall–Kier alpha value is -3.80. The molecule has 1 aromatic carbocycles. The van der Waals surface area contributed by atoms with Crippen LogP contribution in [0.1, 0.15) is 20.8 Å². The number of hydrogen-bond acceptors (Lipinski definition) is 7. The second kappa shape index (κ2) is 10.9. The Labute approximate surface area is 203 Å². The van der Waals surface area contributed by atoms with Crippen LogP contribution in [0.15, 0.2) is 48.7 Å². The van der Waals surface area contributed by atoms with E-state index in [4.69, 9.17) is 23.2 Å². The number of carbonyl (C=O) groups excluding carboxylic acids is 3. The molecule has 1 aliphatic heterocycles. The van der Waals surface area contributed by atoms with Crippen LogP contribution in [0, 0.1) is 0 Å². The minimum atomic E-state index is -0.563. The molecule has 5 N–H and O–H groups in total. The van der Waals surface area contributed by atoms with Crippen molar-refractivity contribution in [3.63, 3.8) is 0 Å². The van der Waals surface area contributed by atoms with Crippen molar-refractivity contribution >= 4 is 58.2 Å². The quantitative estimate of drug-likeness (QED) is 0.477. The Balaban J connectivity index is 0.00000324. The first kappa shape index (κ1) is 24.8. The van der Waals surface area contributed by atoms with E-state index in [0.717, 1.165) is 0 Å². The highest BCUT2D eigenvalue weighted by atomic mass is 35.5. The van der Waals surface area contributed by atoms with Gasteiger partial charge < -0.3 is 26.3 Å². The number of pyridine rings is 1. The van der Waals surface area contributed by atoms with Gasteiger partial charge in [-0.1, -0.05) is 23.2 Å². The summed E-state index contributed by atoms with van der Waals surface area (Å²) in [6.07, 6.45) is 1.40. The van der Waals surface area contributed by atoms with Crippen molar-refractivity contribution in [2.75, 3.05) is 35.2 Å². The highest BCUT2D eigenvalue weighted by Crippen LogP contribution is 2.23. The van der Waals surface area contributed by atoms with E-state index in [1.807, 2.05) is 0 Å². The van der Waals surface area contributed by atoms with E-state index in [-0.39, 0.29) is 40.7 Å². The summed E-state index contributed by atoms with van der Waals surface area (Å²) >= 11 is 11.9. The largest absolute Gasteiger partial charge is 0.412 e. The van der Waals surface area contributed by atoms with Gasteiger partial charge in [0.15, 0.2) is 11.5 Å². The van der Waals surface area contributed by atoms with Crippen molar-refractivity contribution in [1.29, 1.82) is 0 Å². The van der Waals surface area contributed by atoms with Gasteiger partial charge in [-0.3, -0.25) is 14.4 Å². The smallest absolute Gasteiger partial charge is 0.276 e. The number of carbonyl (C=O) groups is 3. The number of piperazine rings is 1. The lowest BCUT2D eigenvalue weighted by atomic mass is 10.1. The SMILES string of the molecule is O.O=C1CN(c2ccc(C(=O)Nc3ccc(Cl)cc3C(=O)Nc3ccc(Cl)cn3)nn2)CCN1. The predicted molar refractivity (Wildman–Crippen MR) is 127 cm³/mol. The van der Waals surface area contributed by atoms with Crippen LogP contribution in [0.4, 0.5) is 17.3 Å². The van der Waals surface area contributed by atoms with Crippen molar-refractivity contribution in [2.45, 2.75) is 0 Å². The van der Waals surface area contributed by atoms with Gasteiger partial charge in [-0.05, 0) is 42.5 Å². The standard InChI is InChI=1S/C21H17Cl2N7O3.H2O/c22-12-1-3-15(14(9-12)20(32)27-17-5-2-13(23)10-25-17)26-21(33)16-4-6-18(29-28-16)30-8-7-24-19(31)11-30;/h1-6,9-10H,7-8,11H2,(H,24,31)(H,26,33)(H,25,27,32);1H2. The Morgan fingerprint density at radius 1 is 0.971 bits per heavy atom. The lowest BCUT2D eigenvalue weighted by Gasteiger charge is -2.27. The molecule has 176 valence electrons. The fourth-order valence-corrected chi connectivity index (χ4v) is 3.37. The summed E-state index contributed by atoms with van der Waals surface area (Å²) in [6.45, 7) is 1.28. The maximum atomic E-state index is 12.8. The van der Waals surface area contributed by atoms with Gasteiger partial charge >= 0.3 is 0 Å². The van der Waals surface area contributed by atoms with Gasteiger partial charge in [0.05, 0.1) is 22.8 Å². The molecule has 0 spiro atoms. The minimum Gasteiger partial charge on any atom is -0.412 e. The molecule has 1 aliphatic rings. The fourth-order valence-electron chi connectivity index (χ4n) is 3.08. The third kappa shape index (κ3) is 5.95. The third-order valence-corrected chi connectivity index (χ3v) is 5.15. The minimum absolute atomic E-state index is 0. The molecule has 34 heavy (non-hydrogen) atoms. The first-order valence-electron chi connectivity index (χ1n) is 9.78. The van der Waals surface area contributed by atoms with Crippen LogP contribution in [0.25, 0.3) is 0 Å². The summed E-state index contributed by atoms with van der Waals surface area (Å²) in [5.74, 6) is -0.413. The Morgan fingerprint density at radius 2 is 1.76 bits per heavy atom. The molecule has 1 fully saturated rings. The summed E-state index contributed by atoms with van der Waals surface area (Å²) in [6, 6.07) is 10.7. The van der Waals surface area contributed by atoms with Crippen LogP contribution in [0.3, 0.4) is 0 Å². The summed E-state index contributed by atoms with van der Waals surface area (Å²) in [7, 11) is 0. The molecule has 0 unspecified atom stereocenters. The zero-order chi connectivity index (χ0) is 23.4. The molecule has 0 saturated carbocycles. The summed E-state index contributed by atoms with van der Waals surface area (Å²) < 4.78 is 0. The number of halogens is 2. The summed E-state index contributed by atoms with van der Waals surface area (Å²) in [5.41, 5.74) is 0.409. The fraction of sp³-hybridized carbons (Fsp3) is 0.143. The summed E-state index contributed by atoms with van der Waals surface area (Å²) in [4.78, 5) is 42.8. The van der Waals surface area contributed by atoms with Crippen LogP contribution in [-0.4, -0.2) is 58.0 Å². The molecule has 0 aliphatic carbocycles. The number of aromatic nitrogens is 3. The number of rotatable bonds is 5. The Kier molecular flexibility index (Phi) is 7.95. The molecule has 3 aromatic rings. The van der Waals surface area contributed by atoms with Crippen LogP contribution < -0.4 is 20.9 Å². The number of hydrogen-bond donors (Lipinski definition) is 3. The van der Waals surface area contributed by atoms with E-state index < -0.39 is 11.8 Å².